The third-order valence-electron chi connectivity index (χ3n) is 4.33. The van der Waals surface area contributed by atoms with Crippen LogP contribution in [0.3, 0.4) is 0 Å². The standard InChI is InChI=1S/C19H24N2O3/c1-23-10-11-24-18-8-9-21(14-18)19(22)20-13-15-6-7-16-4-2-3-5-17(16)12-15/h2-7,12,18H,8-11,13-14H2,1H3,(H,20,22)/t18-/m0/s1. The number of nitrogens with one attached hydrogen (secondary N) is 1. The molecule has 2 aromatic carbocycles. The fourth-order valence-corrected chi connectivity index (χ4v) is 2.99. The summed E-state index contributed by atoms with van der Waals surface area (Å²) in [5.74, 6) is 0. The molecule has 0 spiro atoms. The number of hydrogen-bond donors (Lipinski definition) is 1. The summed E-state index contributed by atoms with van der Waals surface area (Å²) in [6.07, 6.45) is 0.999. The number of fused-ring (bicyclic) bond motifs is 1. The first-order valence-electron chi connectivity index (χ1n) is 8.37. The third kappa shape index (κ3) is 4.24. The summed E-state index contributed by atoms with van der Waals surface area (Å²) in [7, 11) is 1.66. The number of likely N-dealkylation sites (tertiary alicyclic amines) is 1. The summed E-state index contributed by atoms with van der Waals surface area (Å²) < 4.78 is 10.7. The summed E-state index contributed by atoms with van der Waals surface area (Å²) in [4.78, 5) is 14.1. The van der Waals surface area contributed by atoms with E-state index in [9.17, 15) is 4.79 Å². The van der Waals surface area contributed by atoms with E-state index in [1.807, 2.05) is 17.0 Å². The second-order valence-electron chi connectivity index (χ2n) is 6.06. The van der Waals surface area contributed by atoms with Gasteiger partial charge < -0.3 is 19.7 Å². The van der Waals surface area contributed by atoms with Crippen LogP contribution in [0, 0.1) is 0 Å². The lowest BCUT2D eigenvalue weighted by molar-refractivity contribution is 0.0236. The van der Waals surface area contributed by atoms with E-state index in [2.05, 4.69) is 35.6 Å². The average molecular weight is 328 g/mol. The van der Waals surface area contributed by atoms with Crippen molar-refractivity contribution in [2.24, 2.45) is 0 Å². The summed E-state index contributed by atoms with van der Waals surface area (Å²) >= 11 is 0. The Morgan fingerprint density at radius 1 is 1.21 bits per heavy atom. The third-order valence-corrected chi connectivity index (χ3v) is 4.33. The van der Waals surface area contributed by atoms with Crippen LogP contribution in [0.15, 0.2) is 42.5 Å². The molecule has 5 nitrogen and oxygen atoms in total. The fourth-order valence-electron chi connectivity index (χ4n) is 2.99. The summed E-state index contributed by atoms with van der Waals surface area (Å²) in [6.45, 7) is 3.09. The van der Waals surface area contributed by atoms with E-state index in [1.165, 1.54) is 10.8 Å². The summed E-state index contributed by atoms with van der Waals surface area (Å²) in [6, 6.07) is 14.5. The van der Waals surface area contributed by atoms with Crippen molar-refractivity contribution in [3.8, 4) is 0 Å². The topological polar surface area (TPSA) is 50.8 Å². The molecule has 1 fully saturated rings. The first-order chi connectivity index (χ1) is 11.8. The number of carbonyl (C=O) groups excluding carboxylic acids is 1. The zero-order chi connectivity index (χ0) is 16.8. The average Bonchev–Trinajstić information content (AvgIpc) is 3.09. The van der Waals surface area contributed by atoms with Crippen LogP contribution in [0.1, 0.15) is 12.0 Å². The molecule has 1 aliphatic rings. The molecular formula is C19H24N2O3. The molecule has 128 valence electrons. The monoisotopic (exact) mass is 328 g/mol. The van der Waals surface area contributed by atoms with Crippen LogP contribution in [-0.2, 0) is 16.0 Å². The quantitative estimate of drug-likeness (QED) is 0.830. The van der Waals surface area contributed by atoms with Crippen LogP contribution >= 0.6 is 0 Å². The molecule has 0 aliphatic carbocycles. The lowest BCUT2D eigenvalue weighted by Crippen LogP contribution is -2.38. The summed E-state index contributed by atoms with van der Waals surface area (Å²) in [5.41, 5.74) is 1.11. The Balaban J connectivity index is 1.48. The zero-order valence-corrected chi connectivity index (χ0v) is 14.0. The Kier molecular flexibility index (Phi) is 5.67. The van der Waals surface area contributed by atoms with Crippen LogP contribution in [0.2, 0.25) is 0 Å². The molecule has 0 saturated carbocycles. The maximum absolute atomic E-state index is 12.3. The van der Waals surface area contributed by atoms with Gasteiger partial charge in [-0.05, 0) is 28.8 Å². The number of benzene rings is 2. The number of hydrogen-bond acceptors (Lipinski definition) is 3. The molecule has 1 atom stereocenters. The van der Waals surface area contributed by atoms with Gasteiger partial charge in [0.2, 0.25) is 0 Å². The lowest BCUT2D eigenvalue weighted by Gasteiger charge is -2.17. The van der Waals surface area contributed by atoms with Gasteiger partial charge in [-0.2, -0.15) is 0 Å². The van der Waals surface area contributed by atoms with Gasteiger partial charge in [-0.25, -0.2) is 4.79 Å². The predicted molar refractivity (Wildman–Crippen MR) is 94.0 cm³/mol. The van der Waals surface area contributed by atoms with E-state index in [0.29, 0.717) is 26.3 Å². The number of ether oxygens (including phenoxy) is 2. The highest BCUT2D eigenvalue weighted by Gasteiger charge is 2.26. The van der Waals surface area contributed by atoms with Crippen molar-refractivity contribution in [2.45, 2.75) is 19.1 Å². The minimum Gasteiger partial charge on any atom is -0.382 e. The first kappa shape index (κ1) is 16.7. The Bertz CT molecular complexity index is 689. The van der Waals surface area contributed by atoms with Crippen molar-refractivity contribution in [2.75, 3.05) is 33.4 Å². The van der Waals surface area contributed by atoms with E-state index < -0.39 is 0 Å². The van der Waals surface area contributed by atoms with Crippen molar-refractivity contribution < 1.29 is 14.3 Å². The molecule has 1 heterocycles. The number of nitrogens with zero attached hydrogens (tertiary/aromatic N) is 1. The molecule has 0 radical (unpaired) electrons. The second-order valence-corrected chi connectivity index (χ2v) is 6.06. The highest BCUT2D eigenvalue weighted by Crippen LogP contribution is 2.16. The normalized spacial score (nSPS) is 17.4. The lowest BCUT2D eigenvalue weighted by atomic mass is 10.1. The maximum atomic E-state index is 12.3. The van der Waals surface area contributed by atoms with Gasteiger partial charge in [-0.1, -0.05) is 36.4 Å². The minimum atomic E-state index is -0.0269. The van der Waals surface area contributed by atoms with Crippen LogP contribution in [-0.4, -0.2) is 50.4 Å². The molecular weight excluding hydrogens is 304 g/mol. The highest BCUT2D eigenvalue weighted by atomic mass is 16.5. The molecule has 0 bridgehead atoms. The Morgan fingerprint density at radius 3 is 2.88 bits per heavy atom. The molecule has 1 aliphatic heterocycles. The van der Waals surface area contributed by atoms with Crippen molar-refractivity contribution in [1.29, 1.82) is 0 Å². The second kappa shape index (κ2) is 8.13. The van der Waals surface area contributed by atoms with Gasteiger partial charge in [-0.15, -0.1) is 0 Å². The van der Waals surface area contributed by atoms with Gasteiger partial charge in [0.25, 0.3) is 0 Å². The number of amides is 2. The van der Waals surface area contributed by atoms with Crippen LogP contribution in [0.25, 0.3) is 10.8 Å². The largest absolute Gasteiger partial charge is 0.382 e. The van der Waals surface area contributed by atoms with Gasteiger partial charge in [0, 0.05) is 26.7 Å². The van der Waals surface area contributed by atoms with Crippen molar-refractivity contribution in [3.63, 3.8) is 0 Å². The van der Waals surface area contributed by atoms with Gasteiger partial charge >= 0.3 is 6.03 Å². The minimum absolute atomic E-state index is 0.0269. The van der Waals surface area contributed by atoms with E-state index in [-0.39, 0.29) is 12.1 Å². The number of rotatable bonds is 6. The Morgan fingerprint density at radius 2 is 2.04 bits per heavy atom. The Labute approximate surface area is 142 Å². The molecule has 2 amide bonds. The molecule has 1 N–H and O–H groups in total. The van der Waals surface area contributed by atoms with E-state index in [1.54, 1.807) is 7.11 Å². The fraction of sp³-hybridized carbons (Fsp3) is 0.421. The summed E-state index contributed by atoms with van der Waals surface area (Å²) in [5, 5.41) is 5.40. The van der Waals surface area contributed by atoms with E-state index in [0.717, 1.165) is 18.5 Å². The number of carbonyl (C=O) groups is 1. The molecule has 5 heteroatoms. The van der Waals surface area contributed by atoms with Crippen molar-refractivity contribution in [1.82, 2.24) is 10.2 Å². The van der Waals surface area contributed by atoms with Gasteiger partial charge in [0.05, 0.1) is 19.3 Å². The molecule has 2 aromatic rings. The molecule has 0 aromatic heterocycles. The molecule has 24 heavy (non-hydrogen) atoms. The van der Waals surface area contributed by atoms with Crippen LogP contribution < -0.4 is 5.32 Å². The number of urea groups is 1. The molecule has 3 rings (SSSR count). The molecule has 0 unspecified atom stereocenters. The van der Waals surface area contributed by atoms with E-state index >= 15 is 0 Å². The predicted octanol–water partition coefficient (Wildman–Crippen LogP) is 2.79. The Hall–Kier alpha value is -2.11. The van der Waals surface area contributed by atoms with Gasteiger partial charge in [-0.3, -0.25) is 0 Å². The first-order valence-corrected chi connectivity index (χ1v) is 8.37. The SMILES string of the molecule is COCCO[C@H]1CCN(C(=O)NCc2ccc3ccccc3c2)C1. The van der Waals surface area contributed by atoms with Crippen LogP contribution in [0.4, 0.5) is 4.79 Å². The van der Waals surface area contributed by atoms with Gasteiger partial charge in [0.1, 0.15) is 0 Å². The van der Waals surface area contributed by atoms with Crippen molar-refractivity contribution in [3.05, 3.63) is 48.0 Å². The van der Waals surface area contributed by atoms with Crippen molar-refractivity contribution >= 4 is 16.8 Å². The smallest absolute Gasteiger partial charge is 0.317 e. The number of methoxy groups -OCH3 is 1. The zero-order valence-electron chi connectivity index (χ0n) is 14.0. The van der Waals surface area contributed by atoms with E-state index in [4.69, 9.17) is 9.47 Å². The van der Waals surface area contributed by atoms with Gasteiger partial charge in [0.15, 0.2) is 0 Å². The highest BCUT2D eigenvalue weighted by molar-refractivity contribution is 5.83. The molecule has 1 saturated heterocycles. The maximum Gasteiger partial charge on any atom is 0.317 e. The van der Waals surface area contributed by atoms with Crippen LogP contribution in [0.5, 0.6) is 0 Å².